The molecule has 0 radical (unpaired) electrons. The third-order valence-corrected chi connectivity index (χ3v) is 3.21. The Morgan fingerprint density at radius 2 is 1.74 bits per heavy atom. The van der Waals surface area contributed by atoms with Crippen LogP contribution in [0.4, 0.5) is 5.82 Å². The van der Waals surface area contributed by atoms with Gasteiger partial charge in [-0.15, -0.1) is 0 Å². The second-order valence-electron chi connectivity index (χ2n) is 5.93. The minimum atomic E-state index is -0.879. The first-order valence-electron chi connectivity index (χ1n) is 7.06. The van der Waals surface area contributed by atoms with Crippen molar-refractivity contribution in [3.8, 4) is 0 Å². The van der Waals surface area contributed by atoms with Crippen LogP contribution < -0.4 is 4.90 Å². The van der Waals surface area contributed by atoms with Gasteiger partial charge in [-0.2, -0.15) is 0 Å². The van der Waals surface area contributed by atoms with Gasteiger partial charge in [-0.25, -0.2) is 4.79 Å². The molecular formula is C15H26N2O2. The van der Waals surface area contributed by atoms with Crippen LogP contribution in [0.25, 0.3) is 0 Å². The number of H-pyrrole nitrogens is 1. The Morgan fingerprint density at radius 3 is 2.11 bits per heavy atom. The van der Waals surface area contributed by atoms with E-state index < -0.39 is 5.97 Å². The van der Waals surface area contributed by atoms with E-state index in [1.165, 1.54) is 0 Å². The highest BCUT2D eigenvalue weighted by Gasteiger charge is 2.13. The molecule has 0 saturated heterocycles. The summed E-state index contributed by atoms with van der Waals surface area (Å²) in [6, 6.07) is 1.73. The zero-order chi connectivity index (χ0) is 14.4. The van der Waals surface area contributed by atoms with E-state index in [2.05, 4.69) is 37.6 Å². The first kappa shape index (κ1) is 15.6. The van der Waals surface area contributed by atoms with Crippen molar-refractivity contribution in [3.05, 3.63) is 17.8 Å². The average Bonchev–Trinajstić information content (AvgIpc) is 2.77. The Bertz CT molecular complexity index is 385. The van der Waals surface area contributed by atoms with E-state index in [-0.39, 0.29) is 0 Å². The van der Waals surface area contributed by atoms with Gasteiger partial charge in [0.25, 0.3) is 0 Å². The summed E-state index contributed by atoms with van der Waals surface area (Å²) in [7, 11) is 0. The molecule has 0 fully saturated rings. The molecule has 0 bridgehead atoms. The summed E-state index contributed by atoms with van der Waals surface area (Å²) in [5.41, 5.74) is 0.328. The molecule has 1 heterocycles. The topological polar surface area (TPSA) is 56.3 Å². The number of carboxylic acid groups (broad SMARTS) is 1. The molecule has 2 N–H and O–H groups in total. The number of aromatic carboxylic acids is 1. The molecule has 108 valence electrons. The van der Waals surface area contributed by atoms with Crippen LogP contribution in [0.3, 0.4) is 0 Å². The van der Waals surface area contributed by atoms with Crippen molar-refractivity contribution in [1.29, 1.82) is 0 Å². The van der Waals surface area contributed by atoms with E-state index in [4.69, 9.17) is 5.11 Å². The van der Waals surface area contributed by atoms with Gasteiger partial charge >= 0.3 is 5.97 Å². The molecule has 0 saturated carbocycles. The highest BCUT2D eigenvalue weighted by Crippen LogP contribution is 2.17. The smallest absolute Gasteiger partial charge is 0.337 e. The lowest BCUT2D eigenvalue weighted by molar-refractivity contribution is 0.0697. The average molecular weight is 266 g/mol. The number of nitrogens with one attached hydrogen (secondary N) is 1. The molecule has 19 heavy (non-hydrogen) atoms. The number of hydrogen-bond donors (Lipinski definition) is 2. The lowest BCUT2D eigenvalue weighted by Gasteiger charge is -2.25. The van der Waals surface area contributed by atoms with Gasteiger partial charge in [0.1, 0.15) is 5.82 Å². The quantitative estimate of drug-likeness (QED) is 0.755. The minimum Gasteiger partial charge on any atom is -0.478 e. The molecule has 0 atom stereocenters. The Labute approximate surface area is 115 Å². The Balaban J connectivity index is 2.72. The van der Waals surface area contributed by atoms with Gasteiger partial charge in [-0.3, -0.25) is 0 Å². The number of anilines is 1. The van der Waals surface area contributed by atoms with Gasteiger partial charge in [-0.05, 0) is 30.7 Å². The van der Waals surface area contributed by atoms with Crippen molar-refractivity contribution in [2.24, 2.45) is 11.8 Å². The molecular weight excluding hydrogens is 240 g/mol. The summed E-state index contributed by atoms with van der Waals surface area (Å²) < 4.78 is 0. The highest BCUT2D eigenvalue weighted by atomic mass is 16.4. The van der Waals surface area contributed by atoms with E-state index in [1.807, 2.05) is 0 Å². The maximum Gasteiger partial charge on any atom is 0.337 e. The molecule has 1 aromatic heterocycles. The number of rotatable bonds is 8. The molecule has 0 aliphatic heterocycles. The van der Waals surface area contributed by atoms with E-state index in [9.17, 15) is 4.79 Å². The van der Waals surface area contributed by atoms with Gasteiger partial charge in [0.2, 0.25) is 0 Å². The second kappa shape index (κ2) is 7.22. The SMILES string of the molecule is CC(C)CCN(CCC(C)C)c1cc(C(=O)O)c[nH]1. The summed E-state index contributed by atoms with van der Waals surface area (Å²) >= 11 is 0. The van der Waals surface area contributed by atoms with Crippen LogP contribution in [0.2, 0.25) is 0 Å². The van der Waals surface area contributed by atoms with Crippen molar-refractivity contribution < 1.29 is 9.90 Å². The number of aromatic amines is 1. The first-order chi connectivity index (χ1) is 8.90. The fourth-order valence-corrected chi connectivity index (χ4v) is 1.87. The van der Waals surface area contributed by atoms with E-state index in [1.54, 1.807) is 12.3 Å². The van der Waals surface area contributed by atoms with Crippen LogP contribution in [-0.2, 0) is 0 Å². The van der Waals surface area contributed by atoms with Crippen molar-refractivity contribution in [1.82, 2.24) is 4.98 Å². The maximum absolute atomic E-state index is 10.9. The predicted octanol–water partition coefficient (Wildman–Crippen LogP) is 3.61. The Kier molecular flexibility index (Phi) is 5.93. The standard InChI is InChI=1S/C15H26N2O2/c1-11(2)5-7-17(8-6-12(3)4)14-9-13(10-16-14)15(18)19/h9-12,16H,5-8H2,1-4H3,(H,18,19). The molecule has 1 aromatic rings. The number of carbonyl (C=O) groups is 1. The van der Waals surface area contributed by atoms with Crippen LogP contribution in [0.5, 0.6) is 0 Å². The highest BCUT2D eigenvalue weighted by molar-refractivity contribution is 5.88. The lowest BCUT2D eigenvalue weighted by Crippen LogP contribution is -2.27. The van der Waals surface area contributed by atoms with Crippen LogP contribution in [0.1, 0.15) is 50.9 Å². The van der Waals surface area contributed by atoms with Crippen molar-refractivity contribution in [2.45, 2.75) is 40.5 Å². The lowest BCUT2D eigenvalue weighted by atomic mass is 10.1. The van der Waals surface area contributed by atoms with Crippen LogP contribution in [0.15, 0.2) is 12.3 Å². The molecule has 4 nitrogen and oxygen atoms in total. The van der Waals surface area contributed by atoms with Crippen molar-refractivity contribution in [2.75, 3.05) is 18.0 Å². The summed E-state index contributed by atoms with van der Waals surface area (Å²) in [5.74, 6) is 1.33. The third-order valence-electron chi connectivity index (χ3n) is 3.21. The monoisotopic (exact) mass is 266 g/mol. The molecule has 0 amide bonds. The van der Waals surface area contributed by atoms with Crippen LogP contribution in [0, 0.1) is 11.8 Å². The molecule has 0 aromatic carbocycles. The van der Waals surface area contributed by atoms with Gasteiger partial charge in [0, 0.05) is 19.3 Å². The third kappa shape index (κ3) is 5.37. The second-order valence-corrected chi connectivity index (χ2v) is 5.93. The van der Waals surface area contributed by atoms with Crippen molar-refractivity contribution >= 4 is 11.8 Å². The first-order valence-corrected chi connectivity index (χ1v) is 7.06. The fourth-order valence-electron chi connectivity index (χ4n) is 1.87. The van der Waals surface area contributed by atoms with Crippen LogP contribution >= 0.6 is 0 Å². The predicted molar refractivity (Wildman–Crippen MR) is 78.9 cm³/mol. The maximum atomic E-state index is 10.9. The summed E-state index contributed by atoms with van der Waals surface area (Å²) in [5, 5.41) is 8.98. The molecule has 4 heteroatoms. The molecule has 0 aliphatic carbocycles. The van der Waals surface area contributed by atoms with E-state index >= 15 is 0 Å². The van der Waals surface area contributed by atoms with E-state index in [0.717, 1.165) is 31.7 Å². The normalized spacial score (nSPS) is 11.3. The van der Waals surface area contributed by atoms with E-state index in [0.29, 0.717) is 17.4 Å². The number of aromatic nitrogens is 1. The van der Waals surface area contributed by atoms with Crippen LogP contribution in [-0.4, -0.2) is 29.1 Å². The zero-order valence-corrected chi connectivity index (χ0v) is 12.4. The van der Waals surface area contributed by atoms with Gasteiger partial charge in [-0.1, -0.05) is 27.7 Å². The van der Waals surface area contributed by atoms with Crippen molar-refractivity contribution in [3.63, 3.8) is 0 Å². The molecule has 0 unspecified atom stereocenters. The summed E-state index contributed by atoms with van der Waals surface area (Å²) in [6.45, 7) is 10.7. The zero-order valence-electron chi connectivity index (χ0n) is 12.4. The number of hydrogen-bond acceptors (Lipinski definition) is 2. The van der Waals surface area contributed by atoms with Gasteiger partial charge in [0.15, 0.2) is 0 Å². The van der Waals surface area contributed by atoms with Gasteiger partial charge < -0.3 is 15.0 Å². The summed E-state index contributed by atoms with van der Waals surface area (Å²) in [4.78, 5) is 16.3. The molecule has 0 aliphatic rings. The Hall–Kier alpha value is -1.45. The fraction of sp³-hybridized carbons (Fsp3) is 0.667. The van der Waals surface area contributed by atoms with Gasteiger partial charge in [0.05, 0.1) is 5.56 Å². The molecule has 0 spiro atoms. The Morgan fingerprint density at radius 1 is 1.21 bits per heavy atom. The number of carboxylic acids is 1. The number of nitrogens with zero attached hydrogens (tertiary/aromatic N) is 1. The minimum absolute atomic E-state index is 0.328. The largest absolute Gasteiger partial charge is 0.478 e. The molecule has 1 rings (SSSR count). The summed E-state index contributed by atoms with van der Waals surface area (Å²) in [6.07, 6.45) is 3.79.